The number of pyridine rings is 1. The number of hydrogen-bond donors (Lipinski definition) is 3. The quantitative estimate of drug-likeness (QED) is 0.421. The lowest BCUT2D eigenvalue weighted by molar-refractivity contribution is 0.0697. The monoisotopic (exact) mass is 434 g/mol. The number of fused-ring (bicyclic) bond motifs is 1. The highest BCUT2D eigenvalue weighted by atomic mass is 35.5. The van der Waals surface area contributed by atoms with Gasteiger partial charge in [0.2, 0.25) is 0 Å². The first kappa shape index (κ1) is 20.5. The second-order valence-electron chi connectivity index (χ2n) is 7.38. The molecule has 0 aliphatic heterocycles. The molecular formula is C24H19ClN2O4. The Balaban J connectivity index is 1.88. The predicted octanol–water partition coefficient (Wildman–Crippen LogP) is 4.99. The number of anilines is 1. The Labute approximate surface area is 183 Å². The average Bonchev–Trinajstić information content (AvgIpc) is 2.74. The van der Waals surface area contributed by atoms with Crippen LogP contribution < -0.4 is 10.5 Å². The maximum Gasteiger partial charge on any atom is 0.335 e. The van der Waals surface area contributed by atoms with Crippen LogP contribution in [0.25, 0.3) is 33.2 Å². The number of aromatic amines is 1. The molecule has 0 aliphatic rings. The fraction of sp³-hybridized carbons (Fsp3) is 0.0833. The smallest absolute Gasteiger partial charge is 0.335 e. The molecule has 31 heavy (non-hydrogen) atoms. The van der Waals surface area contributed by atoms with Crippen LogP contribution in [0.2, 0.25) is 5.02 Å². The Kier molecular flexibility index (Phi) is 5.17. The highest BCUT2D eigenvalue weighted by molar-refractivity contribution is 6.34. The molecule has 7 heteroatoms. The lowest BCUT2D eigenvalue weighted by Gasteiger charge is -2.14. The van der Waals surface area contributed by atoms with Gasteiger partial charge in [-0.3, -0.25) is 4.79 Å². The van der Waals surface area contributed by atoms with E-state index in [1.807, 2.05) is 43.3 Å². The number of carbonyl (C=O) groups is 1. The fourth-order valence-electron chi connectivity index (χ4n) is 3.51. The molecule has 0 atom stereocenters. The molecule has 4 rings (SSSR count). The Morgan fingerprint density at radius 2 is 1.58 bits per heavy atom. The first-order valence-corrected chi connectivity index (χ1v) is 9.84. The number of hydrogen-bond acceptors (Lipinski definition) is 4. The summed E-state index contributed by atoms with van der Waals surface area (Å²) in [6.07, 6.45) is 0. The van der Waals surface area contributed by atoms with Crippen LogP contribution in [0.5, 0.6) is 5.75 Å². The van der Waals surface area contributed by atoms with Crippen molar-refractivity contribution in [2.45, 2.75) is 0 Å². The van der Waals surface area contributed by atoms with Gasteiger partial charge in [0.05, 0.1) is 21.7 Å². The van der Waals surface area contributed by atoms with Gasteiger partial charge in [0, 0.05) is 30.7 Å². The first-order valence-electron chi connectivity index (χ1n) is 9.46. The molecule has 0 amide bonds. The Morgan fingerprint density at radius 3 is 2.16 bits per heavy atom. The minimum absolute atomic E-state index is 0.0701. The number of nitrogens with one attached hydrogen (secondary N) is 1. The van der Waals surface area contributed by atoms with Gasteiger partial charge in [-0.05, 0) is 47.5 Å². The Bertz CT molecular complexity index is 1360. The zero-order valence-electron chi connectivity index (χ0n) is 16.8. The maximum atomic E-state index is 12.7. The third-order valence-corrected chi connectivity index (χ3v) is 5.50. The summed E-state index contributed by atoms with van der Waals surface area (Å²) in [6.45, 7) is 0. The highest BCUT2D eigenvalue weighted by Crippen LogP contribution is 2.38. The molecule has 1 heterocycles. The van der Waals surface area contributed by atoms with Gasteiger partial charge in [0.15, 0.2) is 0 Å². The van der Waals surface area contributed by atoms with Crippen molar-refractivity contribution in [1.82, 2.24) is 4.98 Å². The number of carboxylic acid groups (broad SMARTS) is 1. The lowest BCUT2D eigenvalue weighted by atomic mass is 9.98. The third kappa shape index (κ3) is 3.73. The molecule has 0 aliphatic carbocycles. The maximum absolute atomic E-state index is 12.7. The van der Waals surface area contributed by atoms with Crippen LogP contribution in [0.15, 0.2) is 65.5 Å². The number of rotatable bonds is 4. The molecule has 0 saturated heterocycles. The molecule has 0 radical (unpaired) electrons. The fourth-order valence-corrected chi connectivity index (χ4v) is 3.78. The molecule has 156 valence electrons. The summed E-state index contributed by atoms with van der Waals surface area (Å²) in [5.74, 6) is -1.26. The highest BCUT2D eigenvalue weighted by Gasteiger charge is 2.17. The van der Waals surface area contributed by atoms with Gasteiger partial charge in [-0.1, -0.05) is 35.9 Å². The Hall–Kier alpha value is -3.77. The number of aromatic nitrogens is 1. The van der Waals surface area contributed by atoms with E-state index in [4.69, 9.17) is 16.7 Å². The summed E-state index contributed by atoms with van der Waals surface area (Å²) in [7, 11) is 3.91. The van der Waals surface area contributed by atoms with Crippen molar-refractivity contribution in [3.8, 4) is 28.0 Å². The van der Waals surface area contributed by atoms with Crippen LogP contribution >= 0.6 is 11.6 Å². The van der Waals surface area contributed by atoms with Crippen molar-refractivity contribution in [1.29, 1.82) is 0 Å². The Morgan fingerprint density at radius 1 is 0.968 bits per heavy atom. The molecule has 0 fully saturated rings. The molecular weight excluding hydrogens is 416 g/mol. The molecule has 6 nitrogen and oxygen atoms in total. The first-order chi connectivity index (χ1) is 14.8. The number of carboxylic acids is 1. The van der Waals surface area contributed by atoms with Crippen molar-refractivity contribution >= 4 is 34.2 Å². The molecule has 3 N–H and O–H groups in total. The molecule has 0 unspecified atom stereocenters. The number of aromatic carboxylic acids is 1. The van der Waals surface area contributed by atoms with E-state index in [1.165, 1.54) is 24.3 Å². The van der Waals surface area contributed by atoms with Crippen molar-refractivity contribution in [3.05, 3.63) is 81.6 Å². The van der Waals surface area contributed by atoms with Gasteiger partial charge < -0.3 is 20.1 Å². The van der Waals surface area contributed by atoms with E-state index in [-0.39, 0.29) is 16.9 Å². The van der Waals surface area contributed by atoms with E-state index in [2.05, 4.69) is 4.98 Å². The van der Waals surface area contributed by atoms with Crippen molar-refractivity contribution in [3.63, 3.8) is 0 Å². The van der Waals surface area contributed by atoms with Crippen LogP contribution in [-0.4, -0.2) is 35.3 Å². The van der Waals surface area contributed by atoms with E-state index in [1.54, 1.807) is 12.1 Å². The topological polar surface area (TPSA) is 93.6 Å². The van der Waals surface area contributed by atoms with E-state index < -0.39 is 11.5 Å². The molecule has 3 aromatic carbocycles. The zero-order valence-corrected chi connectivity index (χ0v) is 17.6. The predicted molar refractivity (Wildman–Crippen MR) is 123 cm³/mol. The number of benzene rings is 3. The minimum atomic E-state index is -1.07. The average molecular weight is 435 g/mol. The van der Waals surface area contributed by atoms with Crippen LogP contribution in [0.4, 0.5) is 5.69 Å². The largest absolute Gasteiger partial charge is 0.506 e. The van der Waals surface area contributed by atoms with Crippen LogP contribution in [0, 0.1) is 0 Å². The van der Waals surface area contributed by atoms with E-state index in [0.29, 0.717) is 27.1 Å². The van der Waals surface area contributed by atoms with Gasteiger partial charge >= 0.3 is 5.97 Å². The summed E-state index contributed by atoms with van der Waals surface area (Å²) in [6, 6.07) is 16.9. The van der Waals surface area contributed by atoms with Gasteiger partial charge in [0.25, 0.3) is 5.56 Å². The lowest BCUT2D eigenvalue weighted by Crippen LogP contribution is -2.09. The van der Waals surface area contributed by atoms with Gasteiger partial charge in [-0.25, -0.2) is 4.79 Å². The van der Waals surface area contributed by atoms with Crippen molar-refractivity contribution in [2.75, 3.05) is 19.0 Å². The zero-order chi connectivity index (χ0) is 22.3. The summed E-state index contributed by atoms with van der Waals surface area (Å²) in [4.78, 5) is 28.5. The van der Waals surface area contributed by atoms with E-state index in [9.17, 15) is 14.7 Å². The second-order valence-corrected chi connectivity index (χ2v) is 7.79. The van der Waals surface area contributed by atoms with Crippen molar-refractivity contribution in [2.24, 2.45) is 0 Å². The minimum Gasteiger partial charge on any atom is -0.506 e. The summed E-state index contributed by atoms with van der Waals surface area (Å²) < 4.78 is 0. The molecule has 4 aromatic rings. The van der Waals surface area contributed by atoms with Gasteiger partial charge in [-0.15, -0.1) is 0 Å². The van der Waals surface area contributed by atoms with Crippen LogP contribution in [0.3, 0.4) is 0 Å². The van der Waals surface area contributed by atoms with E-state index >= 15 is 0 Å². The normalized spacial score (nSPS) is 10.9. The third-order valence-electron chi connectivity index (χ3n) is 5.19. The standard InChI is InChI=1S/C24H19ClN2O4/c1-27(2)16-9-7-13(8-10-16)17-11-18-20(12-19(17)25)26-23(29)21(22(18)28)14-3-5-15(6-4-14)24(30)31/h3-12H,1-2H3,(H,30,31)(H2,26,28,29). The second kappa shape index (κ2) is 7.81. The molecule has 0 saturated carbocycles. The molecule has 0 spiro atoms. The van der Waals surface area contributed by atoms with Gasteiger partial charge in [0.1, 0.15) is 5.75 Å². The van der Waals surface area contributed by atoms with Crippen molar-refractivity contribution < 1.29 is 15.0 Å². The number of nitrogens with zero attached hydrogens (tertiary/aromatic N) is 1. The molecule has 1 aromatic heterocycles. The van der Waals surface area contributed by atoms with E-state index in [0.717, 1.165) is 11.3 Å². The summed E-state index contributed by atoms with van der Waals surface area (Å²) in [5.41, 5.74) is 3.12. The number of aromatic hydroxyl groups is 1. The number of H-pyrrole nitrogens is 1. The van der Waals surface area contributed by atoms with Crippen LogP contribution in [-0.2, 0) is 0 Å². The van der Waals surface area contributed by atoms with Crippen LogP contribution in [0.1, 0.15) is 10.4 Å². The molecule has 0 bridgehead atoms. The number of halogens is 1. The SMILES string of the molecule is CN(C)c1ccc(-c2cc3c(O)c(-c4ccc(C(=O)O)cc4)c(=O)[nH]c3cc2Cl)cc1. The van der Waals surface area contributed by atoms with Gasteiger partial charge in [-0.2, -0.15) is 0 Å². The summed E-state index contributed by atoms with van der Waals surface area (Å²) >= 11 is 6.48. The summed E-state index contributed by atoms with van der Waals surface area (Å²) in [5, 5.41) is 20.9.